The summed E-state index contributed by atoms with van der Waals surface area (Å²) in [7, 11) is 0. The molecule has 0 fully saturated rings. The number of rotatable bonds is 10. The van der Waals surface area contributed by atoms with Gasteiger partial charge in [-0.1, -0.05) is 65.1 Å². The minimum Gasteiger partial charge on any atom is -0.463 e. The van der Waals surface area contributed by atoms with Crippen LogP contribution in [0.3, 0.4) is 0 Å². The number of aromatic nitrogens is 2. The molecule has 0 aliphatic rings. The van der Waals surface area contributed by atoms with Crippen LogP contribution in [0.4, 0.5) is 9.18 Å². The average molecular weight is 687 g/mol. The molecule has 4 aromatic rings. The highest BCUT2D eigenvalue weighted by Gasteiger charge is 2.32. The number of nitrogens with zero attached hydrogens (tertiary/aromatic N) is 2. The summed E-state index contributed by atoms with van der Waals surface area (Å²) >= 11 is 9.56. The van der Waals surface area contributed by atoms with Crippen molar-refractivity contribution in [1.82, 2.24) is 15.1 Å². The lowest BCUT2D eigenvalue weighted by Gasteiger charge is -2.27. The van der Waals surface area contributed by atoms with E-state index in [9.17, 15) is 19.5 Å². The summed E-state index contributed by atoms with van der Waals surface area (Å²) in [5.41, 5.74) is 1.83. The molecule has 11 heteroatoms. The summed E-state index contributed by atoms with van der Waals surface area (Å²) in [6.07, 6.45) is 0.131. The maximum Gasteiger partial charge on any atom is 0.432 e. The van der Waals surface area contributed by atoms with Gasteiger partial charge in [-0.2, -0.15) is 9.78 Å². The Labute approximate surface area is 268 Å². The van der Waals surface area contributed by atoms with Gasteiger partial charge in [-0.05, 0) is 80.6 Å². The van der Waals surface area contributed by atoms with Gasteiger partial charge < -0.3 is 15.2 Å². The topological polar surface area (TPSA) is 111 Å². The van der Waals surface area contributed by atoms with Gasteiger partial charge in [0.05, 0.1) is 12.1 Å². The van der Waals surface area contributed by atoms with Gasteiger partial charge in [0.2, 0.25) is 0 Å². The Morgan fingerprint density at radius 2 is 1.70 bits per heavy atom. The van der Waals surface area contributed by atoms with E-state index in [1.807, 2.05) is 31.2 Å². The number of amides is 1. The number of hydrogen-bond donors (Lipinski definition) is 2. The molecule has 2 atom stereocenters. The molecule has 4 rings (SSSR count). The minimum absolute atomic E-state index is 0.0517. The number of esters is 1. The van der Waals surface area contributed by atoms with Gasteiger partial charge in [-0.3, -0.25) is 9.59 Å². The zero-order valence-corrected chi connectivity index (χ0v) is 27.2. The predicted molar refractivity (Wildman–Crippen MR) is 171 cm³/mol. The highest BCUT2D eigenvalue weighted by atomic mass is 79.9. The van der Waals surface area contributed by atoms with E-state index < -0.39 is 29.4 Å². The number of ether oxygens (including phenoxy) is 1. The molecular formula is C33H34BrClFN3O5. The molecule has 1 heterocycles. The number of hydrogen-bond acceptors (Lipinski definition) is 5. The number of carbonyl (C=O) groups is 3. The Balaban J connectivity index is 1.71. The molecule has 0 aliphatic carbocycles. The lowest BCUT2D eigenvalue weighted by Crippen LogP contribution is -2.29. The standard InChI is InChI=1S/C33H34BrClFN3O5/c1-5-6-24(19-7-9-21(10-8-19)31(41)37-16-15-27(40)44-33(2,3)4)28(20-11-13-23(35)14-12-20)29-25-17-22(34)18-26(36)30(25)39(38-29)32(42)43/h7-14,17-18,24,28H,5-6,15-16H2,1-4H3,(H,37,41)(H,42,43). The minimum atomic E-state index is -1.40. The van der Waals surface area contributed by atoms with Crippen LogP contribution >= 0.6 is 27.5 Å². The Morgan fingerprint density at radius 1 is 1.07 bits per heavy atom. The van der Waals surface area contributed by atoms with E-state index in [1.54, 1.807) is 51.1 Å². The zero-order valence-electron chi connectivity index (χ0n) is 24.9. The van der Waals surface area contributed by atoms with E-state index in [2.05, 4.69) is 26.3 Å². The average Bonchev–Trinajstić information content (AvgIpc) is 3.32. The summed E-state index contributed by atoms with van der Waals surface area (Å²) in [6, 6.07) is 17.3. The normalized spacial score (nSPS) is 13.0. The van der Waals surface area contributed by atoms with Gasteiger partial charge in [0.1, 0.15) is 11.1 Å². The monoisotopic (exact) mass is 685 g/mol. The summed E-state index contributed by atoms with van der Waals surface area (Å²) in [4.78, 5) is 37.0. The second-order valence-electron chi connectivity index (χ2n) is 11.5. The van der Waals surface area contributed by atoms with Gasteiger partial charge in [0.25, 0.3) is 5.91 Å². The molecular weight excluding hydrogens is 653 g/mol. The fourth-order valence-corrected chi connectivity index (χ4v) is 5.85. The second kappa shape index (κ2) is 13.9. The summed E-state index contributed by atoms with van der Waals surface area (Å²) in [5.74, 6) is -2.12. The molecule has 3 aromatic carbocycles. The van der Waals surface area contributed by atoms with Crippen molar-refractivity contribution >= 4 is 56.4 Å². The van der Waals surface area contributed by atoms with Crippen molar-refractivity contribution < 1.29 is 28.6 Å². The van der Waals surface area contributed by atoms with Crippen LogP contribution < -0.4 is 5.32 Å². The Hall–Kier alpha value is -3.76. The number of benzene rings is 3. The van der Waals surface area contributed by atoms with E-state index in [1.165, 1.54) is 6.07 Å². The third kappa shape index (κ3) is 7.84. The van der Waals surface area contributed by atoms with Crippen LogP contribution in [0.2, 0.25) is 5.02 Å². The third-order valence-electron chi connectivity index (χ3n) is 7.07. The molecule has 1 amide bonds. The van der Waals surface area contributed by atoms with Crippen molar-refractivity contribution in [2.45, 2.75) is 64.4 Å². The van der Waals surface area contributed by atoms with Gasteiger partial charge in [-0.25, -0.2) is 9.18 Å². The van der Waals surface area contributed by atoms with Crippen LogP contribution in [0.25, 0.3) is 10.9 Å². The van der Waals surface area contributed by atoms with E-state index in [0.717, 1.165) is 17.5 Å². The van der Waals surface area contributed by atoms with Gasteiger partial charge in [0.15, 0.2) is 5.82 Å². The van der Waals surface area contributed by atoms with Crippen molar-refractivity contribution in [2.24, 2.45) is 0 Å². The van der Waals surface area contributed by atoms with E-state index in [4.69, 9.17) is 16.3 Å². The van der Waals surface area contributed by atoms with Crippen molar-refractivity contribution in [3.8, 4) is 0 Å². The van der Waals surface area contributed by atoms with Crippen molar-refractivity contribution in [3.05, 3.63) is 98.4 Å². The maximum atomic E-state index is 15.2. The molecule has 232 valence electrons. The van der Waals surface area contributed by atoms with E-state index >= 15 is 4.39 Å². The third-order valence-corrected chi connectivity index (χ3v) is 7.78. The second-order valence-corrected chi connectivity index (χ2v) is 12.9. The zero-order chi connectivity index (χ0) is 32.2. The number of halogens is 3. The quantitative estimate of drug-likeness (QED) is 0.163. The first kappa shape index (κ1) is 33.1. The predicted octanol–water partition coefficient (Wildman–Crippen LogP) is 8.29. The molecule has 0 saturated carbocycles. The highest BCUT2D eigenvalue weighted by Crippen LogP contribution is 2.44. The highest BCUT2D eigenvalue weighted by molar-refractivity contribution is 9.10. The van der Waals surface area contributed by atoms with Crippen LogP contribution in [0.5, 0.6) is 0 Å². The van der Waals surface area contributed by atoms with Crippen LogP contribution in [-0.4, -0.2) is 45.0 Å². The van der Waals surface area contributed by atoms with Gasteiger partial charge in [-0.15, -0.1) is 0 Å². The van der Waals surface area contributed by atoms with Gasteiger partial charge in [0, 0.05) is 32.9 Å². The summed E-state index contributed by atoms with van der Waals surface area (Å²) < 4.78 is 21.6. The smallest absolute Gasteiger partial charge is 0.432 e. The Bertz CT molecular complexity index is 1670. The van der Waals surface area contributed by atoms with Crippen LogP contribution in [0, 0.1) is 5.82 Å². The summed E-state index contributed by atoms with van der Waals surface area (Å²) in [5, 5.41) is 18.0. The molecule has 0 radical (unpaired) electrons. The Morgan fingerprint density at radius 3 is 2.30 bits per heavy atom. The molecule has 0 bridgehead atoms. The number of carbonyl (C=O) groups excluding carboxylic acids is 2. The fourth-order valence-electron chi connectivity index (χ4n) is 5.30. The van der Waals surface area contributed by atoms with Crippen molar-refractivity contribution in [3.63, 3.8) is 0 Å². The SMILES string of the molecule is CCCC(c1ccc(C(=O)NCCC(=O)OC(C)(C)C)cc1)C(c1ccc(Cl)cc1)c1nn(C(=O)O)c2c(F)cc(Br)cc12. The lowest BCUT2D eigenvalue weighted by molar-refractivity contribution is -0.154. The van der Waals surface area contributed by atoms with Gasteiger partial charge >= 0.3 is 12.1 Å². The van der Waals surface area contributed by atoms with Crippen LogP contribution in [0.15, 0.2) is 65.1 Å². The number of nitrogens with one attached hydrogen (secondary N) is 1. The van der Waals surface area contributed by atoms with E-state index in [-0.39, 0.29) is 30.3 Å². The summed E-state index contributed by atoms with van der Waals surface area (Å²) in [6.45, 7) is 7.53. The van der Waals surface area contributed by atoms with Crippen LogP contribution in [-0.2, 0) is 9.53 Å². The molecule has 2 unspecified atom stereocenters. The Kier molecular flexibility index (Phi) is 10.5. The first-order valence-corrected chi connectivity index (χ1v) is 15.4. The maximum absolute atomic E-state index is 15.2. The largest absolute Gasteiger partial charge is 0.463 e. The first-order valence-electron chi connectivity index (χ1n) is 14.3. The van der Waals surface area contributed by atoms with E-state index in [0.29, 0.717) is 37.2 Å². The molecule has 0 spiro atoms. The van der Waals surface area contributed by atoms with Crippen molar-refractivity contribution in [1.29, 1.82) is 0 Å². The first-order chi connectivity index (χ1) is 20.8. The van der Waals surface area contributed by atoms with Crippen LogP contribution in [0.1, 0.15) is 86.0 Å². The molecule has 0 saturated heterocycles. The van der Waals surface area contributed by atoms with Crippen molar-refractivity contribution in [2.75, 3.05) is 6.54 Å². The molecule has 44 heavy (non-hydrogen) atoms. The number of fused-ring (bicyclic) bond motifs is 1. The number of carboxylic acid groups (broad SMARTS) is 1. The molecule has 2 N–H and O–H groups in total. The lowest BCUT2D eigenvalue weighted by atomic mass is 9.76. The molecule has 0 aliphatic heterocycles. The molecule has 8 nitrogen and oxygen atoms in total. The molecule has 1 aromatic heterocycles. The fraction of sp³-hybridized carbons (Fsp3) is 0.333.